The summed E-state index contributed by atoms with van der Waals surface area (Å²) in [6.07, 6.45) is 0. The predicted molar refractivity (Wildman–Crippen MR) is 64.0 cm³/mol. The molecule has 3 nitrogen and oxygen atoms in total. The lowest BCUT2D eigenvalue weighted by molar-refractivity contribution is 0.0691. The molecule has 1 heterocycles. The smallest absolute Gasteiger partial charge is 0.352 e. The molecule has 0 fully saturated rings. The first-order valence-electron chi connectivity index (χ1n) is 5.24. The zero-order valence-corrected chi connectivity index (χ0v) is 9.66. The van der Waals surface area contributed by atoms with Crippen LogP contribution in [0.4, 0.5) is 0 Å². The molecular weight excluding hydrogens is 202 g/mol. The maximum absolute atomic E-state index is 10.8. The van der Waals surface area contributed by atoms with Crippen LogP contribution in [0.25, 0.3) is 10.9 Å². The zero-order chi connectivity index (χ0) is 11.9. The van der Waals surface area contributed by atoms with Gasteiger partial charge >= 0.3 is 5.97 Å². The second-order valence-corrected chi connectivity index (χ2v) is 5.04. The molecule has 1 aromatic heterocycles. The number of H-pyrrole nitrogens is 1. The summed E-state index contributed by atoms with van der Waals surface area (Å²) in [6, 6.07) is 7.68. The number of fused-ring (bicyclic) bond motifs is 1. The number of nitrogens with one attached hydrogen (secondary N) is 1. The molecule has 3 heteroatoms. The Morgan fingerprint density at radius 1 is 1.25 bits per heavy atom. The van der Waals surface area contributed by atoms with E-state index < -0.39 is 5.97 Å². The summed E-state index contributed by atoms with van der Waals surface area (Å²) < 4.78 is 0. The van der Waals surface area contributed by atoms with E-state index in [-0.39, 0.29) is 11.1 Å². The maximum atomic E-state index is 10.8. The zero-order valence-electron chi connectivity index (χ0n) is 9.66. The number of benzene rings is 1. The molecule has 84 valence electrons. The first kappa shape index (κ1) is 10.7. The van der Waals surface area contributed by atoms with Crippen molar-refractivity contribution < 1.29 is 9.90 Å². The summed E-state index contributed by atoms with van der Waals surface area (Å²) in [7, 11) is 0. The van der Waals surface area contributed by atoms with Crippen LogP contribution in [0.5, 0.6) is 0 Å². The summed E-state index contributed by atoms with van der Waals surface area (Å²) in [5.74, 6) is -0.923. The molecule has 16 heavy (non-hydrogen) atoms. The SMILES string of the molecule is CC(C)(C)c1ccc2[nH]c(C(=O)O)cc2c1. The Bertz CT molecular complexity index is 547. The molecule has 0 aliphatic carbocycles. The molecule has 0 aliphatic heterocycles. The topological polar surface area (TPSA) is 53.1 Å². The van der Waals surface area contributed by atoms with Gasteiger partial charge in [0, 0.05) is 10.9 Å². The molecule has 0 aliphatic rings. The van der Waals surface area contributed by atoms with Crippen molar-refractivity contribution in [2.75, 3.05) is 0 Å². The standard InChI is InChI=1S/C13H15NO2/c1-13(2,3)9-4-5-10-8(6-9)7-11(14-10)12(15)16/h4-7,14H,1-3H3,(H,15,16). The summed E-state index contributed by atoms with van der Waals surface area (Å²) in [4.78, 5) is 13.7. The lowest BCUT2D eigenvalue weighted by Crippen LogP contribution is -2.10. The summed E-state index contributed by atoms with van der Waals surface area (Å²) >= 11 is 0. The van der Waals surface area contributed by atoms with Gasteiger partial charge in [-0.05, 0) is 29.2 Å². The number of aromatic carboxylic acids is 1. The van der Waals surface area contributed by atoms with Gasteiger partial charge in [0.05, 0.1) is 0 Å². The van der Waals surface area contributed by atoms with Gasteiger partial charge in [-0.15, -0.1) is 0 Å². The number of carbonyl (C=O) groups is 1. The third-order valence-electron chi connectivity index (χ3n) is 2.72. The van der Waals surface area contributed by atoms with Crippen molar-refractivity contribution in [2.45, 2.75) is 26.2 Å². The van der Waals surface area contributed by atoms with E-state index in [0.29, 0.717) is 0 Å². The van der Waals surface area contributed by atoms with Crippen molar-refractivity contribution in [3.05, 3.63) is 35.5 Å². The Balaban J connectivity index is 2.58. The van der Waals surface area contributed by atoms with Crippen molar-refractivity contribution in [3.8, 4) is 0 Å². The molecule has 0 radical (unpaired) electrons. The highest BCUT2D eigenvalue weighted by atomic mass is 16.4. The van der Waals surface area contributed by atoms with Gasteiger partial charge in [-0.3, -0.25) is 0 Å². The van der Waals surface area contributed by atoms with Gasteiger partial charge in [-0.2, -0.15) is 0 Å². The minimum Gasteiger partial charge on any atom is -0.477 e. The number of hydrogen-bond acceptors (Lipinski definition) is 1. The van der Waals surface area contributed by atoms with Crippen molar-refractivity contribution in [2.24, 2.45) is 0 Å². The van der Waals surface area contributed by atoms with E-state index >= 15 is 0 Å². The summed E-state index contributed by atoms with van der Waals surface area (Å²) in [6.45, 7) is 6.41. The average Bonchev–Trinajstić information content (AvgIpc) is 2.58. The third-order valence-corrected chi connectivity index (χ3v) is 2.72. The highest BCUT2D eigenvalue weighted by molar-refractivity contribution is 5.93. The molecule has 1 aromatic carbocycles. The molecule has 2 N–H and O–H groups in total. The monoisotopic (exact) mass is 217 g/mol. The number of rotatable bonds is 1. The van der Waals surface area contributed by atoms with Crippen LogP contribution in [0.1, 0.15) is 36.8 Å². The molecule has 0 atom stereocenters. The van der Waals surface area contributed by atoms with Gasteiger partial charge in [0.25, 0.3) is 0 Å². The molecular formula is C13H15NO2. The van der Waals surface area contributed by atoms with E-state index in [1.165, 1.54) is 5.56 Å². The van der Waals surface area contributed by atoms with E-state index in [1.807, 2.05) is 18.2 Å². The average molecular weight is 217 g/mol. The van der Waals surface area contributed by atoms with Crippen LogP contribution in [-0.4, -0.2) is 16.1 Å². The van der Waals surface area contributed by atoms with Crippen molar-refractivity contribution in [1.29, 1.82) is 0 Å². The number of aromatic nitrogens is 1. The Kier molecular flexibility index (Phi) is 2.26. The molecule has 2 aromatic rings. The Hall–Kier alpha value is -1.77. The fourth-order valence-electron chi connectivity index (χ4n) is 1.71. The maximum Gasteiger partial charge on any atom is 0.352 e. The van der Waals surface area contributed by atoms with Crippen LogP contribution in [0.3, 0.4) is 0 Å². The number of carboxylic acids is 1. The quantitative estimate of drug-likeness (QED) is 0.770. The van der Waals surface area contributed by atoms with Crippen LogP contribution in [0, 0.1) is 0 Å². The Morgan fingerprint density at radius 2 is 1.94 bits per heavy atom. The molecule has 0 bridgehead atoms. The van der Waals surface area contributed by atoms with Gasteiger partial charge in [0.15, 0.2) is 0 Å². The minimum absolute atomic E-state index is 0.0782. The van der Waals surface area contributed by atoms with E-state index in [9.17, 15) is 4.79 Å². The van der Waals surface area contributed by atoms with Gasteiger partial charge in [-0.1, -0.05) is 26.8 Å². The van der Waals surface area contributed by atoms with Crippen LogP contribution in [0.2, 0.25) is 0 Å². The second-order valence-electron chi connectivity index (χ2n) is 5.04. The largest absolute Gasteiger partial charge is 0.477 e. The van der Waals surface area contributed by atoms with Gasteiger partial charge < -0.3 is 10.1 Å². The lowest BCUT2D eigenvalue weighted by atomic mass is 9.86. The molecule has 0 saturated heterocycles. The van der Waals surface area contributed by atoms with Crippen LogP contribution in [0.15, 0.2) is 24.3 Å². The number of carboxylic acid groups (broad SMARTS) is 1. The number of aromatic amines is 1. The van der Waals surface area contributed by atoms with Crippen LogP contribution >= 0.6 is 0 Å². The van der Waals surface area contributed by atoms with E-state index in [4.69, 9.17) is 5.11 Å². The molecule has 0 unspecified atom stereocenters. The lowest BCUT2D eigenvalue weighted by Gasteiger charge is -2.18. The first-order chi connectivity index (χ1) is 7.38. The predicted octanol–water partition coefficient (Wildman–Crippen LogP) is 3.16. The van der Waals surface area contributed by atoms with Crippen molar-refractivity contribution in [1.82, 2.24) is 4.98 Å². The second kappa shape index (κ2) is 3.37. The first-order valence-corrected chi connectivity index (χ1v) is 5.24. The van der Waals surface area contributed by atoms with E-state index in [0.717, 1.165) is 10.9 Å². The van der Waals surface area contributed by atoms with Crippen LogP contribution in [-0.2, 0) is 5.41 Å². The van der Waals surface area contributed by atoms with Crippen molar-refractivity contribution in [3.63, 3.8) is 0 Å². The van der Waals surface area contributed by atoms with E-state index in [2.05, 4.69) is 25.8 Å². The molecule has 0 amide bonds. The fraction of sp³-hybridized carbons (Fsp3) is 0.308. The van der Waals surface area contributed by atoms with Gasteiger partial charge in [0.1, 0.15) is 5.69 Å². The highest BCUT2D eigenvalue weighted by Crippen LogP contribution is 2.26. The van der Waals surface area contributed by atoms with Gasteiger partial charge in [-0.25, -0.2) is 4.79 Å². The Morgan fingerprint density at radius 3 is 2.50 bits per heavy atom. The fourth-order valence-corrected chi connectivity index (χ4v) is 1.71. The van der Waals surface area contributed by atoms with E-state index in [1.54, 1.807) is 6.07 Å². The minimum atomic E-state index is -0.923. The summed E-state index contributed by atoms with van der Waals surface area (Å²) in [5, 5.41) is 9.83. The third kappa shape index (κ3) is 1.81. The normalized spacial score (nSPS) is 11.9. The van der Waals surface area contributed by atoms with Gasteiger partial charge in [0.2, 0.25) is 0 Å². The highest BCUT2D eigenvalue weighted by Gasteiger charge is 2.15. The van der Waals surface area contributed by atoms with Crippen LogP contribution < -0.4 is 0 Å². The summed E-state index contributed by atoms with van der Waals surface area (Å²) in [5.41, 5.74) is 2.39. The molecule has 0 spiro atoms. The number of hydrogen-bond donors (Lipinski definition) is 2. The molecule has 2 rings (SSSR count). The Labute approximate surface area is 94.1 Å². The van der Waals surface area contributed by atoms with Crippen molar-refractivity contribution >= 4 is 16.9 Å². The molecule has 0 saturated carbocycles.